The van der Waals surface area contributed by atoms with E-state index >= 15 is 0 Å². The number of carboxylic acid groups (broad SMARTS) is 1. The molecule has 190 valence electrons. The van der Waals surface area contributed by atoms with Gasteiger partial charge in [0.05, 0.1) is 12.2 Å². The number of anilines is 2. The number of fused-ring (bicyclic) bond motifs is 1. The van der Waals surface area contributed by atoms with Crippen LogP contribution in [0.4, 0.5) is 11.4 Å². The molecule has 36 heavy (non-hydrogen) atoms. The zero-order valence-electron chi connectivity index (χ0n) is 21.7. The fourth-order valence-electron chi connectivity index (χ4n) is 4.69. The van der Waals surface area contributed by atoms with E-state index in [9.17, 15) is 9.90 Å². The standard InChI is InChI=1S/C31H38N2O3/c1-4-6-8-29(28(7-5-2)31(34)35)32-21-24-17-18-36-30-20-26(15-16-27(24)30)33(3)25-13-11-23(12-14-25)19-22-9-10-22/h5-8,11-16,20,22,24,32H,4,9-10,17-19,21H2,1-3H3,(H,34,35)/b7-5-,8-6+,29-28-/t24-/m0/s1. The van der Waals surface area contributed by atoms with E-state index in [1.807, 2.05) is 26.0 Å². The van der Waals surface area contributed by atoms with Crippen LogP contribution in [-0.2, 0) is 11.2 Å². The number of aliphatic carboxylic acids is 1. The molecule has 2 aromatic rings. The van der Waals surface area contributed by atoms with Gasteiger partial charge in [0.25, 0.3) is 0 Å². The summed E-state index contributed by atoms with van der Waals surface area (Å²) in [5, 5.41) is 13.1. The Hall–Kier alpha value is -3.47. The first-order valence-electron chi connectivity index (χ1n) is 13.1. The molecule has 1 aliphatic carbocycles. The van der Waals surface area contributed by atoms with Gasteiger partial charge in [0.15, 0.2) is 0 Å². The molecular formula is C31H38N2O3. The van der Waals surface area contributed by atoms with E-state index in [4.69, 9.17) is 4.74 Å². The number of ether oxygens (including phenoxy) is 1. The van der Waals surface area contributed by atoms with Crippen LogP contribution < -0.4 is 15.0 Å². The average molecular weight is 487 g/mol. The topological polar surface area (TPSA) is 61.8 Å². The van der Waals surface area contributed by atoms with Crippen molar-refractivity contribution in [3.05, 3.63) is 89.2 Å². The van der Waals surface area contributed by atoms with E-state index in [1.165, 1.54) is 24.8 Å². The monoisotopic (exact) mass is 486 g/mol. The van der Waals surface area contributed by atoms with Crippen molar-refractivity contribution in [2.75, 3.05) is 25.1 Å². The number of hydrogen-bond acceptors (Lipinski definition) is 4. The van der Waals surface area contributed by atoms with Gasteiger partial charge in [-0.25, -0.2) is 4.79 Å². The van der Waals surface area contributed by atoms with Crippen LogP contribution in [-0.4, -0.2) is 31.3 Å². The maximum absolute atomic E-state index is 11.8. The third kappa shape index (κ3) is 6.39. The van der Waals surface area contributed by atoms with Gasteiger partial charge in [-0.15, -0.1) is 0 Å². The SMILES string of the molecule is C\C=C/C(C(=O)O)=C(\C=C\CC)NC[C@@H]1CCOc2cc(N(C)c3ccc(CC4CC4)cc3)ccc21. The molecule has 0 bridgehead atoms. The third-order valence-electron chi connectivity index (χ3n) is 7.01. The highest BCUT2D eigenvalue weighted by Crippen LogP contribution is 2.38. The van der Waals surface area contributed by atoms with Crippen molar-refractivity contribution in [1.82, 2.24) is 5.32 Å². The minimum absolute atomic E-state index is 0.237. The van der Waals surface area contributed by atoms with E-state index in [2.05, 4.69) is 59.7 Å². The highest BCUT2D eigenvalue weighted by molar-refractivity contribution is 5.91. The molecule has 2 N–H and O–H groups in total. The highest BCUT2D eigenvalue weighted by atomic mass is 16.5. The van der Waals surface area contributed by atoms with Crippen molar-refractivity contribution in [3.63, 3.8) is 0 Å². The summed E-state index contributed by atoms with van der Waals surface area (Å²) in [4.78, 5) is 14.0. The van der Waals surface area contributed by atoms with Gasteiger partial charge in [-0.3, -0.25) is 0 Å². The molecule has 1 heterocycles. The molecule has 1 aliphatic heterocycles. The molecule has 1 fully saturated rings. The zero-order chi connectivity index (χ0) is 25.5. The largest absolute Gasteiger partial charge is 0.493 e. The Balaban J connectivity index is 1.49. The van der Waals surface area contributed by atoms with Crippen LogP contribution >= 0.6 is 0 Å². The maximum atomic E-state index is 11.8. The molecule has 2 aromatic carbocycles. The summed E-state index contributed by atoms with van der Waals surface area (Å²) in [7, 11) is 2.09. The number of allylic oxidation sites excluding steroid dienone is 3. The minimum Gasteiger partial charge on any atom is -0.493 e. The smallest absolute Gasteiger partial charge is 0.337 e. The number of nitrogens with zero attached hydrogens (tertiary/aromatic N) is 1. The predicted molar refractivity (Wildman–Crippen MR) is 147 cm³/mol. The van der Waals surface area contributed by atoms with Gasteiger partial charge in [0.2, 0.25) is 0 Å². The molecule has 0 unspecified atom stereocenters. The molecule has 0 saturated heterocycles. The Morgan fingerprint density at radius 1 is 1.11 bits per heavy atom. The van der Waals surface area contributed by atoms with Crippen molar-refractivity contribution < 1.29 is 14.6 Å². The van der Waals surface area contributed by atoms with Crippen molar-refractivity contribution in [2.24, 2.45) is 5.92 Å². The fraction of sp³-hybridized carbons (Fsp3) is 0.387. The van der Waals surface area contributed by atoms with Crippen molar-refractivity contribution >= 4 is 17.3 Å². The van der Waals surface area contributed by atoms with Crippen molar-refractivity contribution in [3.8, 4) is 5.75 Å². The van der Waals surface area contributed by atoms with E-state index in [1.54, 1.807) is 12.2 Å². The second-order valence-corrected chi connectivity index (χ2v) is 9.75. The van der Waals surface area contributed by atoms with Gasteiger partial charge in [0.1, 0.15) is 5.75 Å². The van der Waals surface area contributed by atoms with Gasteiger partial charge >= 0.3 is 5.97 Å². The lowest BCUT2D eigenvalue weighted by atomic mass is 9.92. The first-order valence-corrected chi connectivity index (χ1v) is 13.1. The maximum Gasteiger partial charge on any atom is 0.337 e. The first-order chi connectivity index (χ1) is 17.5. The predicted octanol–water partition coefficient (Wildman–Crippen LogP) is 6.74. The molecule has 1 saturated carbocycles. The molecule has 5 nitrogen and oxygen atoms in total. The molecule has 0 radical (unpaired) electrons. The number of benzene rings is 2. The van der Waals surface area contributed by atoms with Crippen LogP contribution in [0.15, 0.2) is 78.0 Å². The lowest BCUT2D eigenvalue weighted by Gasteiger charge is -2.29. The summed E-state index contributed by atoms with van der Waals surface area (Å²) >= 11 is 0. The number of nitrogens with one attached hydrogen (secondary N) is 1. The average Bonchev–Trinajstić information content (AvgIpc) is 3.71. The van der Waals surface area contributed by atoms with E-state index in [-0.39, 0.29) is 11.5 Å². The molecule has 2 aliphatic rings. The van der Waals surface area contributed by atoms with Gasteiger partial charge in [-0.05, 0) is 86.4 Å². The van der Waals surface area contributed by atoms with Crippen LogP contribution in [0.25, 0.3) is 0 Å². The van der Waals surface area contributed by atoms with Gasteiger partial charge in [-0.1, -0.05) is 37.3 Å². The summed E-state index contributed by atoms with van der Waals surface area (Å²) in [6.07, 6.45) is 12.9. The number of rotatable bonds is 11. The summed E-state index contributed by atoms with van der Waals surface area (Å²) in [6, 6.07) is 15.3. The fourth-order valence-corrected chi connectivity index (χ4v) is 4.69. The molecule has 0 amide bonds. The molecule has 0 spiro atoms. The summed E-state index contributed by atoms with van der Waals surface area (Å²) in [6.45, 7) is 5.16. The minimum atomic E-state index is -0.933. The van der Waals surface area contributed by atoms with Crippen LogP contribution in [0.1, 0.15) is 56.6 Å². The summed E-state index contributed by atoms with van der Waals surface area (Å²) in [5.74, 6) is 1.10. The van der Waals surface area contributed by atoms with Gasteiger partial charge in [0, 0.05) is 42.6 Å². The zero-order valence-corrected chi connectivity index (χ0v) is 21.7. The number of carbonyl (C=O) groups is 1. The Labute approximate surface area is 215 Å². The molecule has 4 rings (SSSR count). The lowest BCUT2D eigenvalue weighted by Crippen LogP contribution is -2.26. The van der Waals surface area contributed by atoms with Gasteiger partial charge in [-0.2, -0.15) is 0 Å². The highest BCUT2D eigenvalue weighted by Gasteiger charge is 2.24. The number of carboxylic acids is 1. The third-order valence-corrected chi connectivity index (χ3v) is 7.01. The van der Waals surface area contributed by atoms with E-state index in [0.29, 0.717) is 18.8 Å². The molecule has 0 aromatic heterocycles. The van der Waals surface area contributed by atoms with Crippen molar-refractivity contribution in [2.45, 2.75) is 51.9 Å². The first kappa shape index (κ1) is 25.6. The molecule has 5 heteroatoms. The number of hydrogen-bond donors (Lipinski definition) is 2. The molecule has 1 atom stereocenters. The van der Waals surface area contributed by atoms with Crippen molar-refractivity contribution in [1.29, 1.82) is 0 Å². The van der Waals surface area contributed by atoms with E-state index < -0.39 is 5.97 Å². The Bertz CT molecular complexity index is 1140. The Morgan fingerprint density at radius 2 is 1.86 bits per heavy atom. The Kier molecular flexibility index (Phi) is 8.52. The lowest BCUT2D eigenvalue weighted by molar-refractivity contribution is -0.132. The van der Waals surface area contributed by atoms with Crippen LogP contribution in [0.3, 0.4) is 0 Å². The Morgan fingerprint density at radius 3 is 2.53 bits per heavy atom. The summed E-state index contributed by atoms with van der Waals surface area (Å²) in [5.41, 5.74) is 5.73. The quantitative estimate of drug-likeness (QED) is 0.272. The normalized spacial score (nSPS) is 18.0. The van der Waals surface area contributed by atoms with Crippen LogP contribution in [0.2, 0.25) is 0 Å². The second-order valence-electron chi connectivity index (χ2n) is 9.75. The summed E-state index contributed by atoms with van der Waals surface area (Å²) < 4.78 is 6.06. The van der Waals surface area contributed by atoms with Crippen LogP contribution in [0, 0.1) is 5.92 Å². The van der Waals surface area contributed by atoms with Gasteiger partial charge < -0.3 is 20.1 Å². The van der Waals surface area contributed by atoms with E-state index in [0.717, 1.165) is 41.4 Å². The second kappa shape index (κ2) is 12.0. The molecular weight excluding hydrogens is 448 g/mol. The van der Waals surface area contributed by atoms with Crippen LogP contribution in [0.5, 0.6) is 5.75 Å².